The van der Waals surface area contributed by atoms with Crippen LogP contribution < -0.4 is 5.32 Å². The summed E-state index contributed by atoms with van der Waals surface area (Å²) < 4.78 is 1.93. The molecule has 2 saturated heterocycles. The van der Waals surface area contributed by atoms with Crippen molar-refractivity contribution in [3.63, 3.8) is 0 Å². The van der Waals surface area contributed by atoms with Gasteiger partial charge in [0.05, 0.1) is 11.4 Å². The molecule has 3 heterocycles. The molecule has 2 unspecified atom stereocenters. The van der Waals surface area contributed by atoms with Crippen LogP contribution in [0, 0.1) is 0 Å². The molecule has 1 aromatic rings. The van der Waals surface area contributed by atoms with Gasteiger partial charge in [0.25, 0.3) is 0 Å². The minimum absolute atomic E-state index is 0.634. The van der Waals surface area contributed by atoms with Gasteiger partial charge in [-0.2, -0.15) is 5.10 Å². The predicted molar refractivity (Wildman–Crippen MR) is 78.4 cm³/mol. The standard InChI is InChI=1S/C15H26N4/c1-4-14-15(10-18(3)17-14)16-11-8-12-6-7-13(9-11)19(12)5-2/h10-13,16H,4-9H2,1-3H3. The largest absolute Gasteiger partial charge is 0.379 e. The van der Waals surface area contributed by atoms with Crippen LogP contribution in [-0.2, 0) is 13.5 Å². The summed E-state index contributed by atoms with van der Waals surface area (Å²) in [6.07, 6.45) is 8.51. The number of anilines is 1. The van der Waals surface area contributed by atoms with E-state index in [1.165, 1.54) is 43.6 Å². The maximum atomic E-state index is 4.52. The fourth-order valence-electron chi connectivity index (χ4n) is 4.04. The highest BCUT2D eigenvalue weighted by Gasteiger charge is 2.39. The fraction of sp³-hybridized carbons (Fsp3) is 0.800. The number of aryl methyl sites for hydroxylation is 2. The van der Waals surface area contributed by atoms with E-state index >= 15 is 0 Å². The van der Waals surface area contributed by atoms with E-state index in [1.807, 2.05) is 11.7 Å². The molecule has 0 spiro atoms. The number of fused-ring (bicyclic) bond motifs is 2. The molecule has 0 aliphatic carbocycles. The quantitative estimate of drug-likeness (QED) is 0.904. The summed E-state index contributed by atoms with van der Waals surface area (Å²) in [5, 5.41) is 8.28. The molecular formula is C15H26N4. The van der Waals surface area contributed by atoms with Crippen LogP contribution in [0.5, 0.6) is 0 Å². The first-order chi connectivity index (χ1) is 9.21. The molecule has 0 amide bonds. The normalized spacial score (nSPS) is 30.8. The van der Waals surface area contributed by atoms with Crippen LogP contribution in [0.2, 0.25) is 0 Å². The summed E-state index contributed by atoms with van der Waals surface area (Å²) in [7, 11) is 2.01. The zero-order valence-corrected chi connectivity index (χ0v) is 12.4. The lowest BCUT2D eigenvalue weighted by Crippen LogP contribution is -2.46. The molecule has 2 fully saturated rings. The maximum absolute atomic E-state index is 4.52. The van der Waals surface area contributed by atoms with Gasteiger partial charge in [0.2, 0.25) is 0 Å². The molecular weight excluding hydrogens is 236 g/mol. The lowest BCUT2D eigenvalue weighted by Gasteiger charge is -2.38. The van der Waals surface area contributed by atoms with Gasteiger partial charge in [0.15, 0.2) is 0 Å². The number of hydrogen-bond donors (Lipinski definition) is 1. The predicted octanol–water partition coefficient (Wildman–Crippen LogP) is 2.41. The molecule has 4 heteroatoms. The van der Waals surface area contributed by atoms with Crippen LogP contribution in [0.1, 0.15) is 45.2 Å². The molecule has 4 nitrogen and oxygen atoms in total. The zero-order chi connectivity index (χ0) is 13.4. The number of aromatic nitrogens is 2. The second kappa shape index (κ2) is 5.16. The van der Waals surface area contributed by atoms with Gasteiger partial charge in [0.1, 0.15) is 0 Å². The van der Waals surface area contributed by atoms with Gasteiger partial charge in [-0.3, -0.25) is 9.58 Å². The molecule has 3 rings (SSSR count). The van der Waals surface area contributed by atoms with Crippen molar-refractivity contribution in [1.29, 1.82) is 0 Å². The number of nitrogens with zero attached hydrogens (tertiary/aromatic N) is 3. The van der Waals surface area contributed by atoms with Crippen molar-refractivity contribution in [3.05, 3.63) is 11.9 Å². The van der Waals surface area contributed by atoms with Crippen molar-refractivity contribution in [3.8, 4) is 0 Å². The Labute approximate surface area is 116 Å². The van der Waals surface area contributed by atoms with E-state index in [1.54, 1.807) is 0 Å². The molecule has 2 bridgehead atoms. The third kappa shape index (κ3) is 2.38. The highest BCUT2D eigenvalue weighted by Crippen LogP contribution is 2.36. The fourth-order valence-corrected chi connectivity index (χ4v) is 4.04. The molecule has 0 saturated carbocycles. The van der Waals surface area contributed by atoms with Crippen LogP contribution in [0.3, 0.4) is 0 Å². The van der Waals surface area contributed by atoms with E-state index in [-0.39, 0.29) is 0 Å². The first kappa shape index (κ1) is 13.0. The molecule has 1 aromatic heterocycles. The molecule has 2 aliphatic heterocycles. The van der Waals surface area contributed by atoms with Gasteiger partial charge in [-0.1, -0.05) is 13.8 Å². The lowest BCUT2D eigenvalue weighted by molar-refractivity contribution is 0.140. The Bertz CT molecular complexity index is 425. The SMILES string of the molecule is CCc1nn(C)cc1NC1CC2CCC(C1)N2CC. The van der Waals surface area contributed by atoms with E-state index in [2.05, 4.69) is 35.4 Å². The first-order valence-corrected chi connectivity index (χ1v) is 7.76. The molecule has 19 heavy (non-hydrogen) atoms. The van der Waals surface area contributed by atoms with E-state index in [4.69, 9.17) is 0 Å². The number of nitrogens with one attached hydrogen (secondary N) is 1. The molecule has 0 radical (unpaired) electrons. The van der Waals surface area contributed by atoms with Gasteiger partial charge in [-0.05, 0) is 38.6 Å². The monoisotopic (exact) mass is 262 g/mol. The molecule has 2 aliphatic rings. The summed E-state index contributed by atoms with van der Waals surface area (Å²) in [4.78, 5) is 2.71. The third-order valence-electron chi connectivity index (χ3n) is 4.85. The van der Waals surface area contributed by atoms with Crippen LogP contribution in [0.15, 0.2) is 6.20 Å². The third-order valence-corrected chi connectivity index (χ3v) is 4.85. The van der Waals surface area contributed by atoms with Crippen molar-refractivity contribution >= 4 is 5.69 Å². The van der Waals surface area contributed by atoms with Crippen molar-refractivity contribution < 1.29 is 0 Å². The minimum Gasteiger partial charge on any atom is -0.379 e. The lowest BCUT2D eigenvalue weighted by atomic mass is 9.97. The zero-order valence-electron chi connectivity index (χ0n) is 12.4. The Morgan fingerprint density at radius 1 is 1.26 bits per heavy atom. The first-order valence-electron chi connectivity index (χ1n) is 7.76. The maximum Gasteiger partial charge on any atom is 0.0853 e. The molecule has 1 N–H and O–H groups in total. The summed E-state index contributed by atoms with van der Waals surface area (Å²) in [5.41, 5.74) is 2.45. The Hall–Kier alpha value is -1.03. The van der Waals surface area contributed by atoms with Crippen molar-refractivity contribution in [1.82, 2.24) is 14.7 Å². The summed E-state index contributed by atoms with van der Waals surface area (Å²) in [6, 6.07) is 2.25. The molecule has 2 atom stereocenters. The molecule has 106 valence electrons. The number of hydrogen-bond acceptors (Lipinski definition) is 3. The van der Waals surface area contributed by atoms with Crippen LogP contribution in [0.4, 0.5) is 5.69 Å². The van der Waals surface area contributed by atoms with E-state index < -0.39 is 0 Å². The highest BCUT2D eigenvalue weighted by molar-refractivity contribution is 5.47. The Morgan fingerprint density at radius 2 is 1.95 bits per heavy atom. The summed E-state index contributed by atoms with van der Waals surface area (Å²) >= 11 is 0. The van der Waals surface area contributed by atoms with E-state index in [0.717, 1.165) is 18.5 Å². The van der Waals surface area contributed by atoms with Crippen molar-refractivity contribution in [2.75, 3.05) is 11.9 Å². The van der Waals surface area contributed by atoms with Gasteiger partial charge in [-0.25, -0.2) is 0 Å². The van der Waals surface area contributed by atoms with Crippen LogP contribution in [0.25, 0.3) is 0 Å². The Kier molecular flexibility index (Phi) is 3.52. The van der Waals surface area contributed by atoms with Crippen LogP contribution >= 0.6 is 0 Å². The Morgan fingerprint density at radius 3 is 2.53 bits per heavy atom. The number of rotatable bonds is 4. The average molecular weight is 262 g/mol. The second-order valence-electron chi connectivity index (χ2n) is 6.04. The second-order valence-corrected chi connectivity index (χ2v) is 6.04. The summed E-state index contributed by atoms with van der Waals surface area (Å²) in [5.74, 6) is 0. The van der Waals surface area contributed by atoms with E-state index in [9.17, 15) is 0 Å². The van der Waals surface area contributed by atoms with Gasteiger partial charge >= 0.3 is 0 Å². The van der Waals surface area contributed by atoms with E-state index in [0.29, 0.717) is 6.04 Å². The van der Waals surface area contributed by atoms with Gasteiger partial charge < -0.3 is 5.32 Å². The van der Waals surface area contributed by atoms with Gasteiger partial charge in [0, 0.05) is 31.4 Å². The van der Waals surface area contributed by atoms with Crippen molar-refractivity contribution in [2.45, 2.75) is 64.1 Å². The molecule has 0 aromatic carbocycles. The van der Waals surface area contributed by atoms with Crippen molar-refractivity contribution in [2.24, 2.45) is 7.05 Å². The number of piperidine rings is 1. The van der Waals surface area contributed by atoms with Gasteiger partial charge in [-0.15, -0.1) is 0 Å². The minimum atomic E-state index is 0.634. The highest BCUT2D eigenvalue weighted by atomic mass is 15.3. The van der Waals surface area contributed by atoms with Crippen LogP contribution in [-0.4, -0.2) is 39.4 Å². The smallest absolute Gasteiger partial charge is 0.0853 e. The summed E-state index contributed by atoms with van der Waals surface area (Å²) in [6.45, 7) is 5.70. The average Bonchev–Trinajstić information content (AvgIpc) is 2.86. The Balaban J connectivity index is 1.68. The topological polar surface area (TPSA) is 33.1 Å².